The molecule has 0 radical (unpaired) electrons. The lowest BCUT2D eigenvalue weighted by atomic mass is 10.1. The maximum Gasteiger partial charge on any atom is 0.228 e. The van der Waals surface area contributed by atoms with Crippen molar-refractivity contribution in [3.63, 3.8) is 0 Å². The monoisotopic (exact) mass is 253 g/mol. The number of aryl methyl sites for hydroxylation is 1. The molecule has 1 saturated heterocycles. The molecule has 0 bridgehead atoms. The molecule has 1 unspecified atom stereocenters. The van der Waals surface area contributed by atoms with Crippen molar-refractivity contribution in [1.82, 2.24) is 0 Å². The summed E-state index contributed by atoms with van der Waals surface area (Å²) < 4.78 is 22.5. The zero-order chi connectivity index (χ0) is 12.5. The van der Waals surface area contributed by atoms with Gasteiger partial charge in [-0.05, 0) is 25.5 Å². The normalized spacial score (nSPS) is 22.3. The summed E-state index contributed by atoms with van der Waals surface area (Å²) in [6.45, 7) is 1.97. The minimum atomic E-state index is -3.00. The highest BCUT2D eigenvalue weighted by Crippen LogP contribution is 2.20. The van der Waals surface area contributed by atoms with Gasteiger partial charge < -0.3 is 5.32 Å². The number of amides is 1. The lowest BCUT2D eigenvalue weighted by Gasteiger charge is -2.09. The summed E-state index contributed by atoms with van der Waals surface area (Å²) in [5.74, 6) is -0.500. The van der Waals surface area contributed by atoms with Crippen LogP contribution in [0.5, 0.6) is 0 Å². The van der Waals surface area contributed by atoms with Gasteiger partial charge in [-0.3, -0.25) is 4.79 Å². The molecule has 2 rings (SSSR count). The van der Waals surface area contributed by atoms with Gasteiger partial charge in [0.2, 0.25) is 5.91 Å². The lowest BCUT2D eigenvalue weighted by molar-refractivity contribution is -0.119. The van der Waals surface area contributed by atoms with Crippen LogP contribution in [0.1, 0.15) is 12.0 Å². The quantitative estimate of drug-likeness (QED) is 0.865. The highest BCUT2D eigenvalue weighted by molar-refractivity contribution is 7.91. The summed E-state index contributed by atoms with van der Waals surface area (Å²) in [4.78, 5) is 11.8. The molecule has 1 fully saturated rings. The van der Waals surface area contributed by atoms with Crippen LogP contribution in [0.25, 0.3) is 0 Å². The molecule has 1 aliphatic rings. The van der Waals surface area contributed by atoms with Crippen LogP contribution in [0.2, 0.25) is 0 Å². The molecule has 0 aromatic heterocycles. The van der Waals surface area contributed by atoms with Gasteiger partial charge in [0.15, 0.2) is 9.84 Å². The minimum Gasteiger partial charge on any atom is -0.326 e. The summed E-state index contributed by atoms with van der Waals surface area (Å²) in [6.07, 6.45) is 0.431. The van der Waals surface area contributed by atoms with Crippen LogP contribution in [-0.4, -0.2) is 25.8 Å². The van der Waals surface area contributed by atoms with Gasteiger partial charge in [-0.15, -0.1) is 0 Å². The Hall–Kier alpha value is -1.36. The van der Waals surface area contributed by atoms with Crippen LogP contribution >= 0.6 is 0 Å². The van der Waals surface area contributed by atoms with Crippen molar-refractivity contribution in [1.29, 1.82) is 0 Å². The van der Waals surface area contributed by atoms with Crippen molar-refractivity contribution >= 4 is 21.4 Å². The number of sulfone groups is 1. The zero-order valence-electron chi connectivity index (χ0n) is 9.64. The Labute approximate surface area is 101 Å². The van der Waals surface area contributed by atoms with Gasteiger partial charge >= 0.3 is 0 Å². The lowest BCUT2D eigenvalue weighted by Crippen LogP contribution is -2.23. The molecular weight excluding hydrogens is 238 g/mol. The van der Waals surface area contributed by atoms with Gasteiger partial charge in [0.1, 0.15) is 0 Å². The number of hydrogen-bond acceptors (Lipinski definition) is 3. The van der Waals surface area contributed by atoms with E-state index in [9.17, 15) is 13.2 Å². The maximum atomic E-state index is 11.8. The number of benzene rings is 1. The molecule has 1 amide bonds. The SMILES string of the molecule is Cc1ccc(NC(=O)C2CCS(=O)(=O)C2)cc1. The molecule has 92 valence electrons. The Morgan fingerprint density at radius 1 is 1.29 bits per heavy atom. The standard InChI is InChI=1S/C12H15NO3S/c1-9-2-4-11(5-3-9)13-12(14)10-6-7-17(15,16)8-10/h2-5,10H,6-8H2,1H3,(H,13,14). The molecule has 0 aliphatic carbocycles. The fourth-order valence-electron chi connectivity index (χ4n) is 1.88. The second kappa shape index (κ2) is 4.49. The Morgan fingerprint density at radius 2 is 1.94 bits per heavy atom. The Balaban J connectivity index is 2.01. The van der Waals surface area contributed by atoms with Crippen molar-refractivity contribution in [2.75, 3.05) is 16.8 Å². The second-order valence-corrected chi connectivity index (χ2v) is 6.68. The number of anilines is 1. The zero-order valence-corrected chi connectivity index (χ0v) is 10.5. The molecular formula is C12H15NO3S. The van der Waals surface area contributed by atoms with Gasteiger partial charge in [0.25, 0.3) is 0 Å². The van der Waals surface area contributed by atoms with Crippen molar-refractivity contribution in [3.8, 4) is 0 Å². The van der Waals surface area contributed by atoms with Crippen molar-refractivity contribution in [2.24, 2.45) is 5.92 Å². The topological polar surface area (TPSA) is 63.2 Å². The van der Waals surface area contributed by atoms with E-state index in [-0.39, 0.29) is 17.4 Å². The number of hydrogen-bond donors (Lipinski definition) is 1. The molecule has 0 saturated carbocycles. The Morgan fingerprint density at radius 3 is 2.47 bits per heavy atom. The summed E-state index contributed by atoms with van der Waals surface area (Å²) in [5.41, 5.74) is 1.83. The molecule has 1 aromatic carbocycles. The van der Waals surface area contributed by atoms with E-state index in [1.165, 1.54) is 0 Å². The van der Waals surface area contributed by atoms with E-state index >= 15 is 0 Å². The average Bonchev–Trinajstić information content (AvgIpc) is 2.62. The summed E-state index contributed by atoms with van der Waals surface area (Å²) in [5, 5.41) is 2.75. The molecule has 1 heterocycles. The predicted molar refractivity (Wildman–Crippen MR) is 66.6 cm³/mol. The van der Waals surface area contributed by atoms with E-state index in [2.05, 4.69) is 5.32 Å². The second-order valence-electron chi connectivity index (χ2n) is 4.46. The maximum absolute atomic E-state index is 11.8. The van der Waals surface area contributed by atoms with Crippen LogP contribution in [0, 0.1) is 12.8 Å². The highest BCUT2D eigenvalue weighted by Gasteiger charge is 2.32. The number of carbonyl (C=O) groups excluding carboxylic acids is 1. The fraction of sp³-hybridized carbons (Fsp3) is 0.417. The van der Waals surface area contributed by atoms with E-state index < -0.39 is 15.8 Å². The number of nitrogens with one attached hydrogen (secondary N) is 1. The molecule has 17 heavy (non-hydrogen) atoms. The van der Waals surface area contributed by atoms with E-state index in [1.807, 2.05) is 31.2 Å². The van der Waals surface area contributed by atoms with Gasteiger partial charge in [-0.2, -0.15) is 0 Å². The largest absolute Gasteiger partial charge is 0.326 e. The first kappa shape index (κ1) is 12.1. The van der Waals surface area contributed by atoms with Gasteiger partial charge in [0, 0.05) is 5.69 Å². The molecule has 4 nitrogen and oxygen atoms in total. The third kappa shape index (κ3) is 3.06. The van der Waals surface area contributed by atoms with E-state index in [1.54, 1.807) is 0 Å². The molecule has 1 aliphatic heterocycles. The third-order valence-electron chi connectivity index (χ3n) is 2.92. The molecule has 1 atom stereocenters. The number of rotatable bonds is 2. The van der Waals surface area contributed by atoms with Crippen LogP contribution < -0.4 is 5.32 Å². The van der Waals surface area contributed by atoms with Crippen molar-refractivity contribution in [2.45, 2.75) is 13.3 Å². The molecule has 5 heteroatoms. The first-order valence-electron chi connectivity index (χ1n) is 5.54. The van der Waals surface area contributed by atoms with E-state index in [0.717, 1.165) is 5.56 Å². The van der Waals surface area contributed by atoms with Gasteiger partial charge in [0.05, 0.1) is 17.4 Å². The molecule has 0 spiro atoms. The fourth-order valence-corrected chi connectivity index (χ4v) is 3.62. The smallest absolute Gasteiger partial charge is 0.228 e. The first-order chi connectivity index (χ1) is 7.96. The summed E-state index contributed by atoms with van der Waals surface area (Å²) in [6, 6.07) is 7.44. The van der Waals surface area contributed by atoms with Gasteiger partial charge in [-0.25, -0.2) is 8.42 Å². The highest BCUT2D eigenvalue weighted by atomic mass is 32.2. The van der Waals surface area contributed by atoms with Crippen LogP contribution in [0.3, 0.4) is 0 Å². The summed E-state index contributed by atoms with van der Waals surface area (Å²) in [7, 11) is -3.00. The van der Waals surface area contributed by atoms with Crippen LogP contribution in [0.15, 0.2) is 24.3 Å². The third-order valence-corrected chi connectivity index (χ3v) is 4.69. The van der Waals surface area contributed by atoms with E-state index in [0.29, 0.717) is 12.1 Å². The van der Waals surface area contributed by atoms with Crippen molar-refractivity contribution < 1.29 is 13.2 Å². The number of carbonyl (C=O) groups is 1. The van der Waals surface area contributed by atoms with Crippen LogP contribution in [0.4, 0.5) is 5.69 Å². The summed E-state index contributed by atoms with van der Waals surface area (Å²) >= 11 is 0. The Kier molecular flexibility index (Phi) is 3.19. The predicted octanol–water partition coefficient (Wildman–Crippen LogP) is 1.37. The first-order valence-corrected chi connectivity index (χ1v) is 7.36. The molecule has 1 aromatic rings. The minimum absolute atomic E-state index is 0.0231. The van der Waals surface area contributed by atoms with Crippen LogP contribution in [-0.2, 0) is 14.6 Å². The molecule has 1 N–H and O–H groups in total. The van der Waals surface area contributed by atoms with E-state index in [4.69, 9.17) is 0 Å². The Bertz CT molecular complexity index is 519. The average molecular weight is 253 g/mol. The van der Waals surface area contributed by atoms with Gasteiger partial charge in [-0.1, -0.05) is 17.7 Å². The van der Waals surface area contributed by atoms with Crippen molar-refractivity contribution in [3.05, 3.63) is 29.8 Å².